The van der Waals surface area contributed by atoms with E-state index in [2.05, 4.69) is 0 Å². The normalized spacial score (nSPS) is 12.5. The highest BCUT2D eigenvalue weighted by molar-refractivity contribution is 5.80. The molecule has 0 spiro atoms. The summed E-state index contributed by atoms with van der Waals surface area (Å²) in [6.07, 6.45) is 1.00. The average Bonchev–Trinajstić information content (AvgIpc) is 2.82. The van der Waals surface area contributed by atoms with Crippen LogP contribution in [0.5, 0.6) is 0 Å². The van der Waals surface area contributed by atoms with Crippen LogP contribution in [0.2, 0.25) is 0 Å². The van der Waals surface area contributed by atoms with Crippen LogP contribution in [-0.2, 0) is 28.9 Å². The molecule has 3 aromatic carbocycles. The molecule has 0 saturated heterocycles. The van der Waals surface area contributed by atoms with Gasteiger partial charge in [-0.05, 0) is 40.7 Å². The van der Waals surface area contributed by atoms with Crippen molar-refractivity contribution in [3.05, 3.63) is 95.6 Å². The fraction of sp³-hybridized carbons (Fsp3) is 0.250. The Bertz CT molecular complexity index is 1150. The van der Waals surface area contributed by atoms with Crippen molar-refractivity contribution >= 4 is 17.8 Å². The lowest BCUT2D eigenvalue weighted by molar-refractivity contribution is -0.466. The van der Waals surface area contributed by atoms with E-state index in [4.69, 9.17) is 5.73 Å². The summed E-state index contributed by atoms with van der Waals surface area (Å²) in [6, 6.07) is 24.9. The van der Waals surface area contributed by atoms with Gasteiger partial charge in [-0.25, -0.2) is 0 Å². The maximum Gasteiger partial charge on any atom is 0.307 e. The van der Waals surface area contributed by atoms with E-state index in [-0.39, 0.29) is 12.8 Å². The molecule has 0 aromatic heterocycles. The first-order valence-corrected chi connectivity index (χ1v) is 11.2. The van der Waals surface area contributed by atoms with Crippen LogP contribution in [0, 0.1) is 11.8 Å². The highest BCUT2D eigenvalue weighted by atomic mass is 16.4. The molecular weight excluding hydrogens is 428 g/mol. The molecule has 0 aliphatic carbocycles. The van der Waals surface area contributed by atoms with E-state index in [1.54, 1.807) is 0 Å². The second kappa shape index (κ2) is 11.3. The minimum absolute atomic E-state index is 0.151. The topological polar surface area (TPSA) is 104 Å². The number of carboxylic acids is 2. The zero-order valence-corrected chi connectivity index (χ0v) is 19.5. The Kier molecular flexibility index (Phi) is 8.19. The Balaban J connectivity index is 1.74. The van der Waals surface area contributed by atoms with E-state index in [1.165, 1.54) is 0 Å². The fourth-order valence-corrected chi connectivity index (χ4v) is 3.94. The summed E-state index contributed by atoms with van der Waals surface area (Å²) in [7, 11) is 3.83. The number of carbonyl (C=O) groups is 2. The highest BCUT2D eigenvalue weighted by Crippen LogP contribution is 2.26. The van der Waals surface area contributed by atoms with Gasteiger partial charge >= 0.3 is 11.9 Å². The van der Waals surface area contributed by atoms with Crippen molar-refractivity contribution < 1.29 is 24.4 Å². The largest absolute Gasteiger partial charge is 0.481 e. The van der Waals surface area contributed by atoms with Crippen molar-refractivity contribution in [1.82, 2.24) is 0 Å². The van der Waals surface area contributed by atoms with Crippen LogP contribution in [0.1, 0.15) is 16.7 Å². The zero-order chi connectivity index (χ0) is 24.7. The number of hydrogen-bond donors (Lipinski definition) is 3. The SMILES string of the molecule is C[N+](C)=C(N)Cc1ccc(-c2ccc(C[C@H](C(=O)O)[C@H](Cc3ccccc3)C(=O)O)cc2)cc1. The maximum absolute atomic E-state index is 12.0. The first-order valence-electron chi connectivity index (χ1n) is 11.2. The molecule has 6 heteroatoms. The van der Waals surface area contributed by atoms with Gasteiger partial charge in [0.2, 0.25) is 5.84 Å². The number of carboxylic acid groups (broad SMARTS) is 2. The Hall–Kier alpha value is -3.93. The molecule has 4 N–H and O–H groups in total. The molecular formula is C28H31N2O4+. The fourth-order valence-electron chi connectivity index (χ4n) is 3.94. The molecule has 0 heterocycles. The number of rotatable bonds is 10. The predicted octanol–water partition coefficient (Wildman–Crippen LogP) is 3.71. The number of aliphatic carboxylic acids is 2. The molecule has 0 fully saturated rings. The summed E-state index contributed by atoms with van der Waals surface area (Å²) in [5, 5.41) is 19.6. The molecule has 3 aromatic rings. The summed E-state index contributed by atoms with van der Waals surface area (Å²) in [4.78, 5) is 23.9. The van der Waals surface area contributed by atoms with Gasteiger partial charge in [-0.15, -0.1) is 0 Å². The van der Waals surface area contributed by atoms with Crippen molar-refractivity contribution in [3.63, 3.8) is 0 Å². The van der Waals surface area contributed by atoms with Crippen molar-refractivity contribution in [1.29, 1.82) is 0 Å². The second-order valence-corrected chi connectivity index (χ2v) is 8.74. The molecule has 0 unspecified atom stereocenters. The lowest BCUT2D eigenvalue weighted by Gasteiger charge is -2.21. The Labute approximate surface area is 200 Å². The first-order chi connectivity index (χ1) is 16.2. The third-order valence-corrected chi connectivity index (χ3v) is 6.08. The van der Waals surface area contributed by atoms with Gasteiger partial charge in [0, 0.05) is 0 Å². The van der Waals surface area contributed by atoms with E-state index in [0.29, 0.717) is 6.42 Å². The molecule has 0 amide bonds. The third-order valence-electron chi connectivity index (χ3n) is 6.08. The maximum atomic E-state index is 12.0. The predicted molar refractivity (Wildman–Crippen MR) is 133 cm³/mol. The van der Waals surface area contributed by atoms with Crippen LogP contribution < -0.4 is 5.73 Å². The number of benzene rings is 3. The first kappa shape index (κ1) is 24.7. The van der Waals surface area contributed by atoms with Gasteiger partial charge in [0.05, 0.1) is 32.4 Å². The molecule has 0 radical (unpaired) electrons. The monoisotopic (exact) mass is 459 g/mol. The Morgan fingerprint density at radius 2 is 1.12 bits per heavy atom. The number of amidine groups is 1. The van der Waals surface area contributed by atoms with Crippen LogP contribution in [-0.4, -0.2) is 46.7 Å². The third kappa shape index (κ3) is 6.54. The second-order valence-electron chi connectivity index (χ2n) is 8.74. The molecule has 0 saturated carbocycles. The van der Waals surface area contributed by atoms with Gasteiger partial charge in [-0.3, -0.25) is 19.9 Å². The van der Waals surface area contributed by atoms with Gasteiger partial charge in [-0.1, -0.05) is 78.9 Å². The van der Waals surface area contributed by atoms with Crippen molar-refractivity contribution in [2.45, 2.75) is 19.3 Å². The smallest absolute Gasteiger partial charge is 0.307 e. The Morgan fingerprint density at radius 1 is 0.706 bits per heavy atom. The van der Waals surface area contributed by atoms with Crippen LogP contribution in [0.25, 0.3) is 11.1 Å². The van der Waals surface area contributed by atoms with E-state index in [1.807, 2.05) is 97.5 Å². The van der Waals surface area contributed by atoms with Crippen LogP contribution >= 0.6 is 0 Å². The lowest BCUT2D eigenvalue weighted by Crippen LogP contribution is -2.33. The van der Waals surface area contributed by atoms with Gasteiger partial charge in [0.1, 0.15) is 0 Å². The van der Waals surface area contributed by atoms with E-state index < -0.39 is 23.8 Å². The summed E-state index contributed by atoms with van der Waals surface area (Å²) < 4.78 is 1.89. The van der Waals surface area contributed by atoms with E-state index in [9.17, 15) is 19.8 Å². The highest BCUT2D eigenvalue weighted by Gasteiger charge is 2.34. The molecule has 3 rings (SSSR count). The minimum Gasteiger partial charge on any atom is -0.481 e. The quantitative estimate of drug-likeness (QED) is 0.244. The van der Waals surface area contributed by atoms with E-state index in [0.717, 1.165) is 33.7 Å². The summed E-state index contributed by atoms with van der Waals surface area (Å²) in [6.45, 7) is 0. The van der Waals surface area contributed by atoms with Gasteiger partial charge in [-0.2, -0.15) is 0 Å². The van der Waals surface area contributed by atoms with Crippen molar-refractivity contribution in [3.8, 4) is 11.1 Å². The molecule has 6 nitrogen and oxygen atoms in total. The molecule has 0 aliphatic heterocycles. The van der Waals surface area contributed by atoms with Crippen LogP contribution in [0.3, 0.4) is 0 Å². The number of hydrogen-bond acceptors (Lipinski definition) is 2. The van der Waals surface area contributed by atoms with Gasteiger partial charge in [0.15, 0.2) is 0 Å². The average molecular weight is 460 g/mol. The zero-order valence-electron chi connectivity index (χ0n) is 19.5. The standard InChI is InChI=1S/C28H30N2O4/c1-30(2)26(29)18-21-10-14-23(15-11-21)22-12-8-20(9-13-22)17-25(28(33)34)24(27(31)32)16-19-6-4-3-5-7-19/h3-15,24-25,29H,16-18H2,1-2H3,(H2,31,32,33,34)/p+1/t24-,25-/m0/s1. The molecule has 0 bridgehead atoms. The number of nitrogens with two attached hydrogens (primary N) is 1. The van der Waals surface area contributed by atoms with Crippen LogP contribution in [0.4, 0.5) is 0 Å². The lowest BCUT2D eigenvalue weighted by atomic mass is 9.82. The molecule has 34 heavy (non-hydrogen) atoms. The van der Waals surface area contributed by atoms with Gasteiger partial charge in [0.25, 0.3) is 0 Å². The molecule has 0 aliphatic rings. The van der Waals surface area contributed by atoms with Crippen molar-refractivity contribution in [2.24, 2.45) is 17.6 Å². The molecule has 2 atom stereocenters. The van der Waals surface area contributed by atoms with Crippen LogP contribution in [0.15, 0.2) is 78.9 Å². The summed E-state index contributed by atoms with van der Waals surface area (Å²) in [5.74, 6) is -3.45. The molecule has 176 valence electrons. The summed E-state index contributed by atoms with van der Waals surface area (Å²) in [5.41, 5.74) is 10.8. The Morgan fingerprint density at radius 3 is 1.53 bits per heavy atom. The van der Waals surface area contributed by atoms with E-state index >= 15 is 0 Å². The number of nitrogens with zero attached hydrogens (tertiary/aromatic N) is 1. The van der Waals surface area contributed by atoms with Crippen molar-refractivity contribution in [2.75, 3.05) is 14.1 Å². The summed E-state index contributed by atoms with van der Waals surface area (Å²) >= 11 is 0. The minimum atomic E-state index is -1.10. The van der Waals surface area contributed by atoms with Gasteiger partial charge < -0.3 is 10.2 Å².